The fourth-order valence-corrected chi connectivity index (χ4v) is 5.57. The zero-order valence-electron chi connectivity index (χ0n) is 19.0. The highest BCUT2D eigenvalue weighted by molar-refractivity contribution is 6.25. The molecule has 0 bridgehead atoms. The Morgan fingerprint density at radius 3 is 2.79 bits per heavy atom. The molecule has 34 heavy (non-hydrogen) atoms. The number of nitrogens with zero attached hydrogens (tertiary/aromatic N) is 2. The van der Waals surface area contributed by atoms with Crippen LogP contribution in [-0.4, -0.2) is 53.5 Å². The maximum atomic E-state index is 13.9. The smallest absolute Gasteiger partial charge is 0.332 e. The molecule has 4 amide bonds. The maximum absolute atomic E-state index is 13.9. The van der Waals surface area contributed by atoms with Crippen LogP contribution >= 0.6 is 0 Å². The minimum atomic E-state index is -1.16. The number of rotatable bonds is 4. The van der Waals surface area contributed by atoms with Crippen LogP contribution in [0, 0.1) is 0 Å². The van der Waals surface area contributed by atoms with Crippen molar-refractivity contribution >= 4 is 34.4 Å². The van der Waals surface area contributed by atoms with Gasteiger partial charge >= 0.3 is 6.03 Å². The highest BCUT2D eigenvalue weighted by atomic mass is 16.5. The molecule has 8 nitrogen and oxygen atoms in total. The predicted octanol–water partition coefficient (Wildman–Crippen LogP) is 3.32. The van der Waals surface area contributed by atoms with E-state index in [9.17, 15) is 14.4 Å². The number of ether oxygens (including phenoxy) is 1. The number of nitrogens with one attached hydrogen (secondary N) is 2. The average molecular weight is 459 g/mol. The Morgan fingerprint density at radius 1 is 1.18 bits per heavy atom. The maximum Gasteiger partial charge on any atom is 0.332 e. The molecule has 0 radical (unpaired) electrons. The topological polar surface area (TPSA) is 94.7 Å². The average Bonchev–Trinajstić information content (AvgIpc) is 3.55. The number of aromatic nitrogens is 1. The lowest BCUT2D eigenvalue weighted by atomic mass is 9.87. The van der Waals surface area contributed by atoms with Crippen LogP contribution < -0.4 is 10.2 Å². The van der Waals surface area contributed by atoms with Crippen molar-refractivity contribution in [2.75, 3.05) is 24.6 Å². The Kier molecular flexibility index (Phi) is 4.74. The number of fused-ring (bicyclic) bond motifs is 5. The number of amides is 4. The van der Waals surface area contributed by atoms with Gasteiger partial charge in [0.05, 0.1) is 23.0 Å². The van der Waals surface area contributed by atoms with E-state index in [-0.39, 0.29) is 17.9 Å². The molecule has 1 aromatic heterocycles. The summed E-state index contributed by atoms with van der Waals surface area (Å²) in [4.78, 5) is 46.8. The molecule has 174 valence electrons. The molecule has 2 fully saturated rings. The third kappa shape index (κ3) is 2.91. The number of hydrogen-bond donors (Lipinski definition) is 2. The number of anilines is 1. The zero-order chi connectivity index (χ0) is 23.4. The fourth-order valence-electron chi connectivity index (χ4n) is 5.57. The van der Waals surface area contributed by atoms with Crippen molar-refractivity contribution in [3.05, 3.63) is 65.4 Å². The van der Waals surface area contributed by atoms with Gasteiger partial charge in [0.1, 0.15) is 0 Å². The van der Waals surface area contributed by atoms with Gasteiger partial charge in [-0.3, -0.25) is 9.59 Å². The molecule has 2 saturated heterocycles. The molecule has 4 heterocycles. The van der Waals surface area contributed by atoms with Crippen LogP contribution in [0.15, 0.2) is 48.5 Å². The number of urea groups is 1. The van der Waals surface area contributed by atoms with Gasteiger partial charge in [0, 0.05) is 30.6 Å². The molecule has 3 aliphatic heterocycles. The normalized spacial score (nSPS) is 24.0. The first kappa shape index (κ1) is 20.9. The van der Waals surface area contributed by atoms with Gasteiger partial charge in [-0.05, 0) is 49.9 Å². The third-order valence-corrected chi connectivity index (χ3v) is 7.37. The summed E-state index contributed by atoms with van der Waals surface area (Å²) in [5.74, 6) is -0.683. The molecule has 3 aliphatic rings. The van der Waals surface area contributed by atoms with E-state index in [4.69, 9.17) is 4.74 Å². The van der Waals surface area contributed by atoms with Gasteiger partial charge in [-0.15, -0.1) is 0 Å². The summed E-state index contributed by atoms with van der Waals surface area (Å²) in [6, 6.07) is 14.3. The van der Waals surface area contributed by atoms with E-state index in [2.05, 4.69) is 10.3 Å². The van der Waals surface area contributed by atoms with E-state index in [0.717, 1.165) is 35.0 Å². The molecule has 0 spiro atoms. The Hall–Kier alpha value is -3.65. The SMILES string of the molecule is C[C@@]12C(=O)N(c3ccccc3C(=O)NC[C@H]3CCCO3)C(=O)N1CCc1c2[nH]c2ccccc12. The van der Waals surface area contributed by atoms with Crippen molar-refractivity contribution in [1.82, 2.24) is 15.2 Å². The summed E-state index contributed by atoms with van der Waals surface area (Å²) in [5.41, 5.74) is 2.20. The summed E-state index contributed by atoms with van der Waals surface area (Å²) in [6.07, 6.45) is 2.55. The van der Waals surface area contributed by atoms with Gasteiger partial charge in [0.15, 0.2) is 5.54 Å². The van der Waals surface area contributed by atoms with Crippen molar-refractivity contribution in [1.29, 1.82) is 0 Å². The molecular weight excluding hydrogens is 432 g/mol. The van der Waals surface area contributed by atoms with Crippen LogP contribution in [0.2, 0.25) is 0 Å². The van der Waals surface area contributed by atoms with Gasteiger partial charge < -0.3 is 19.9 Å². The highest BCUT2D eigenvalue weighted by Gasteiger charge is 2.59. The lowest BCUT2D eigenvalue weighted by Gasteiger charge is -2.35. The van der Waals surface area contributed by atoms with E-state index in [1.807, 2.05) is 24.3 Å². The standard InChI is InChI=1S/C26H26N4O4/c1-26-22-18(17-8-2-4-10-20(17)28-22)12-13-29(26)25(33)30(24(26)32)21-11-5-3-9-19(21)23(31)27-15-16-7-6-14-34-16/h2-5,8-11,16,28H,6-7,12-15H2,1H3,(H,27,31)/t16-,26-/m1/s1. The lowest BCUT2D eigenvalue weighted by molar-refractivity contribution is -0.125. The first-order chi connectivity index (χ1) is 16.5. The number of carbonyl (C=O) groups is 3. The van der Waals surface area contributed by atoms with Crippen molar-refractivity contribution in [3.8, 4) is 0 Å². The minimum absolute atomic E-state index is 0.000476. The monoisotopic (exact) mass is 458 g/mol. The molecule has 2 N–H and O–H groups in total. The number of para-hydroxylation sites is 2. The second-order valence-corrected chi connectivity index (χ2v) is 9.28. The largest absolute Gasteiger partial charge is 0.376 e. The summed E-state index contributed by atoms with van der Waals surface area (Å²) >= 11 is 0. The number of H-pyrrole nitrogens is 1. The Bertz CT molecular complexity index is 1330. The van der Waals surface area contributed by atoms with Gasteiger partial charge in [0.2, 0.25) is 0 Å². The van der Waals surface area contributed by atoms with Crippen LogP contribution in [0.5, 0.6) is 0 Å². The molecule has 8 heteroatoms. The first-order valence-electron chi connectivity index (χ1n) is 11.7. The number of benzene rings is 2. The Morgan fingerprint density at radius 2 is 1.97 bits per heavy atom. The number of carbonyl (C=O) groups excluding carboxylic acids is 3. The van der Waals surface area contributed by atoms with Gasteiger partial charge in [-0.1, -0.05) is 30.3 Å². The van der Waals surface area contributed by atoms with E-state index in [1.54, 1.807) is 36.1 Å². The van der Waals surface area contributed by atoms with Crippen molar-refractivity contribution in [2.24, 2.45) is 0 Å². The van der Waals surface area contributed by atoms with Crippen molar-refractivity contribution in [2.45, 2.75) is 37.8 Å². The summed E-state index contributed by atoms with van der Waals surface area (Å²) in [6.45, 7) is 3.33. The number of imide groups is 1. The van der Waals surface area contributed by atoms with Crippen molar-refractivity contribution < 1.29 is 19.1 Å². The lowest BCUT2D eigenvalue weighted by Crippen LogP contribution is -2.49. The molecule has 2 aromatic carbocycles. The summed E-state index contributed by atoms with van der Waals surface area (Å²) < 4.78 is 5.60. The van der Waals surface area contributed by atoms with E-state index >= 15 is 0 Å². The Balaban J connectivity index is 1.37. The highest BCUT2D eigenvalue weighted by Crippen LogP contribution is 2.45. The molecule has 3 aromatic rings. The van der Waals surface area contributed by atoms with Crippen LogP contribution in [0.3, 0.4) is 0 Å². The zero-order valence-corrected chi connectivity index (χ0v) is 19.0. The molecule has 0 aliphatic carbocycles. The second-order valence-electron chi connectivity index (χ2n) is 9.28. The predicted molar refractivity (Wildman–Crippen MR) is 127 cm³/mol. The molecular formula is C26H26N4O4. The third-order valence-electron chi connectivity index (χ3n) is 7.37. The molecule has 0 saturated carbocycles. The molecule has 0 unspecified atom stereocenters. The van der Waals surface area contributed by atoms with Crippen LogP contribution in [0.25, 0.3) is 10.9 Å². The molecule has 2 atom stereocenters. The number of hydrogen-bond acceptors (Lipinski definition) is 4. The fraction of sp³-hybridized carbons (Fsp3) is 0.346. The van der Waals surface area contributed by atoms with E-state index < -0.39 is 11.6 Å². The van der Waals surface area contributed by atoms with Gasteiger partial charge in [-0.2, -0.15) is 0 Å². The molecule has 6 rings (SSSR count). The summed E-state index contributed by atoms with van der Waals surface area (Å²) in [5, 5.41) is 3.98. The summed E-state index contributed by atoms with van der Waals surface area (Å²) in [7, 11) is 0. The Labute approximate surface area is 196 Å². The van der Waals surface area contributed by atoms with Crippen molar-refractivity contribution in [3.63, 3.8) is 0 Å². The quantitative estimate of drug-likeness (QED) is 0.587. The first-order valence-corrected chi connectivity index (χ1v) is 11.7. The van der Waals surface area contributed by atoms with Crippen LogP contribution in [0.1, 0.15) is 41.4 Å². The van der Waals surface area contributed by atoms with E-state index in [1.165, 1.54) is 4.90 Å². The second kappa shape index (κ2) is 7.70. The van der Waals surface area contributed by atoms with Gasteiger partial charge in [0.25, 0.3) is 11.8 Å². The van der Waals surface area contributed by atoms with E-state index in [0.29, 0.717) is 37.4 Å². The van der Waals surface area contributed by atoms with Crippen LogP contribution in [-0.2, 0) is 21.5 Å². The number of aromatic amines is 1. The van der Waals surface area contributed by atoms with Crippen LogP contribution in [0.4, 0.5) is 10.5 Å². The van der Waals surface area contributed by atoms with Gasteiger partial charge in [-0.25, -0.2) is 9.69 Å². The minimum Gasteiger partial charge on any atom is -0.376 e.